The van der Waals surface area contributed by atoms with Crippen molar-refractivity contribution in [2.75, 3.05) is 6.61 Å². The highest BCUT2D eigenvalue weighted by molar-refractivity contribution is 7.99. The highest BCUT2D eigenvalue weighted by Crippen LogP contribution is 2.33. The first-order valence-corrected chi connectivity index (χ1v) is 11.8. The van der Waals surface area contributed by atoms with Crippen LogP contribution in [0.25, 0.3) is 0 Å². The van der Waals surface area contributed by atoms with Gasteiger partial charge in [-0.05, 0) is 67.1 Å². The van der Waals surface area contributed by atoms with Crippen LogP contribution in [0.15, 0.2) is 82.6 Å². The Labute approximate surface area is 194 Å². The summed E-state index contributed by atoms with van der Waals surface area (Å²) in [7, 11) is 0. The van der Waals surface area contributed by atoms with Crippen molar-refractivity contribution in [1.82, 2.24) is 0 Å². The van der Waals surface area contributed by atoms with Gasteiger partial charge in [0.1, 0.15) is 12.4 Å². The second-order valence-corrected chi connectivity index (χ2v) is 9.39. The number of aliphatic hydroxyl groups is 1. The van der Waals surface area contributed by atoms with Crippen molar-refractivity contribution in [3.63, 3.8) is 0 Å². The minimum absolute atomic E-state index is 0.0148. The molecule has 0 aliphatic heterocycles. The molecule has 0 fully saturated rings. The molecule has 5 heteroatoms. The maximum Gasteiger partial charge on any atom is 0.120 e. The third-order valence-corrected chi connectivity index (χ3v) is 6.78. The van der Waals surface area contributed by atoms with E-state index < -0.39 is 5.54 Å². The molecule has 3 N–H and O–H groups in total. The normalized spacial score (nSPS) is 13.0. The Bertz CT molecular complexity index is 961. The Balaban J connectivity index is 1.57. The van der Waals surface area contributed by atoms with E-state index in [-0.39, 0.29) is 6.61 Å². The number of hydrogen-bond donors (Lipinski definition) is 2. The zero-order valence-electron chi connectivity index (χ0n) is 17.9. The number of benzene rings is 3. The molecule has 0 saturated heterocycles. The number of rotatable bonds is 11. The monoisotopic (exact) mass is 455 g/mol. The molecule has 3 nitrogen and oxygen atoms in total. The van der Waals surface area contributed by atoms with E-state index in [1.54, 1.807) is 11.8 Å². The van der Waals surface area contributed by atoms with Gasteiger partial charge in [0.2, 0.25) is 0 Å². The molecule has 31 heavy (non-hydrogen) atoms. The van der Waals surface area contributed by atoms with Gasteiger partial charge in [-0.25, -0.2) is 0 Å². The van der Waals surface area contributed by atoms with Crippen molar-refractivity contribution in [2.45, 2.75) is 54.5 Å². The molecule has 0 aliphatic carbocycles. The van der Waals surface area contributed by atoms with Gasteiger partial charge in [0.25, 0.3) is 0 Å². The average Bonchev–Trinajstić information content (AvgIpc) is 2.80. The summed E-state index contributed by atoms with van der Waals surface area (Å²) in [5, 5.41) is 10.2. The standard InChI is InChI=1S/C26H30ClNO2S/c1-2-26(28,19-29)15-7-10-21-13-14-24(17-25(21)27)31-23-12-6-11-22(16-23)30-18-20-8-4-3-5-9-20/h3-6,8-9,11-14,16-17,29H,2,7,10,15,18-19,28H2,1H3. The lowest BCUT2D eigenvalue weighted by atomic mass is 9.91. The zero-order valence-corrected chi connectivity index (χ0v) is 19.5. The van der Waals surface area contributed by atoms with E-state index in [4.69, 9.17) is 22.1 Å². The average molecular weight is 456 g/mol. The van der Waals surface area contributed by atoms with E-state index >= 15 is 0 Å². The van der Waals surface area contributed by atoms with Crippen molar-refractivity contribution in [2.24, 2.45) is 5.73 Å². The highest BCUT2D eigenvalue weighted by Gasteiger charge is 2.20. The molecule has 164 valence electrons. The summed E-state index contributed by atoms with van der Waals surface area (Å²) >= 11 is 8.21. The Morgan fingerprint density at radius 3 is 2.48 bits per heavy atom. The first kappa shape index (κ1) is 23.7. The van der Waals surface area contributed by atoms with Crippen molar-refractivity contribution in [1.29, 1.82) is 0 Å². The number of ether oxygens (including phenoxy) is 1. The van der Waals surface area contributed by atoms with E-state index in [9.17, 15) is 5.11 Å². The molecule has 0 spiro atoms. The highest BCUT2D eigenvalue weighted by atomic mass is 35.5. The summed E-state index contributed by atoms with van der Waals surface area (Å²) in [6.45, 7) is 2.58. The van der Waals surface area contributed by atoms with Crippen LogP contribution in [0, 0.1) is 0 Å². The molecular weight excluding hydrogens is 426 g/mol. The van der Waals surface area contributed by atoms with Crippen LogP contribution in [0.1, 0.15) is 37.3 Å². The largest absolute Gasteiger partial charge is 0.489 e. The summed E-state index contributed by atoms with van der Waals surface area (Å²) in [5.41, 5.74) is 7.95. The fourth-order valence-corrected chi connectivity index (χ4v) is 4.54. The van der Waals surface area contributed by atoms with E-state index in [2.05, 4.69) is 36.4 Å². The molecule has 3 aromatic rings. The van der Waals surface area contributed by atoms with Gasteiger partial charge in [-0.15, -0.1) is 0 Å². The number of halogens is 1. The molecule has 0 aromatic heterocycles. The Morgan fingerprint density at radius 1 is 1.00 bits per heavy atom. The molecule has 0 aliphatic rings. The third kappa shape index (κ3) is 7.29. The topological polar surface area (TPSA) is 55.5 Å². The molecule has 1 atom stereocenters. The summed E-state index contributed by atoms with van der Waals surface area (Å²) in [4.78, 5) is 2.19. The molecule has 3 aromatic carbocycles. The minimum atomic E-state index is -0.490. The predicted molar refractivity (Wildman–Crippen MR) is 130 cm³/mol. The van der Waals surface area contributed by atoms with Gasteiger partial charge in [0, 0.05) is 20.4 Å². The quantitative estimate of drug-likeness (QED) is 0.346. The third-order valence-electron chi connectivity index (χ3n) is 5.45. The Hall–Kier alpha value is -1.98. The second kappa shape index (κ2) is 11.6. The van der Waals surface area contributed by atoms with Crippen LogP contribution in [-0.2, 0) is 13.0 Å². The van der Waals surface area contributed by atoms with Crippen molar-refractivity contribution < 1.29 is 9.84 Å². The molecule has 0 amide bonds. The Kier molecular flexibility index (Phi) is 8.85. The van der Waals surface area contributed by atoms with Crippen LogP contribution in [0.2, 0.25) is 5.02 Å². The van der Waals surface area contributed by atoms with Gasteiger partial charge in [0.05, 0.1) is 6.61 Å². The lowest BCUT2D eigenvalue weighted by Gasteiger charge is -2.25. The first-order chi connectivity index (χ1) is 15.0. The Morgan fingerprint density at radius 2 is 1.77 bits per heavy atom. The van der Waals surface area contributed by atoms with Gasteiger partial charge >= 0.3 is 0 Å². The van der Waals surface area contributed by atoms with E-state index in [1.165, 1.54) is 0 Å². The summed E-state index contributed by atoms with van der Waals surface area (Å²) in [6, 6.07) is 24.5. The van der Waals surface area contributed by atoms with E-state index in [1.807, 2.05) is 43.3 Å². The van der Waals surface area contributed by atoms with Crippen LogP contribution in [0.4, 0.5) is 0 Å². The summed E-state index contributed by atoms with van der Waals surface area (Å²) < 4.78 is 5.94. The van der Waals surface area contributed by atoms with Crippen LogP contribution >= 0.6 is 23.4 Å². The molecule has 0 radical (unpaired) electrons. The van der Waals surface area contributed by atoms with Gasteiger partial charge in [-0.3, -0.25) is 0 Å². The first-order valence-electron chi connectivity index (χ1n) is 10.6. The van der Waals surface area contributed by atoms with E-state index in [0.29, 0.717) is 6.61 Å². The fraction of sp³-hybridized carbons (Fsp3) is 0.308. The maximum absolute atomic E-state index is 9.46. The maximum atomic E-state index is 9.46. The lowest BCUT2D eigenvalue weighted by Crippen LogP contribution is -2.42. The fourth-order valence-electron chi connectivity index (χ4n) is 3.30. The molecule has 1 unspecified atom stereocenters. The van der Waals surface area contributed by atoms with E-state index in [0.717, 1.165) is 57.4 Å². The molecule has 0 bridgehead atoms. The van der Waals surface area contributed by atoms with Gasteiger partial charge in [-0.1, -0.05) is 72.8 Å². The SMILES string of the molecule is CCC(N)(CO)CCCc1ccc(Sc2cccc(OCc3ccccc3)c2)cc1Cl. The van der Waals surface area contributed by atoms with Crippen LogP contribution in [-0.4, -0.2) is 17.3 Å². The van der Waals surface area contributed by atoms with Crippen molar-refractivity contribution in [3.8, 4) is 5.75 Å². The van der Waals surface area contributed by atoms with Gasteiger partial charge in [0.15, 0.2) is 0 Å². The van der Waals surface area contributed by atoms with Crippen molar-refractivity contribution >= 4 is 23.4 Å². The van der Waals surface area contributed by atoms with Crippen LogP contribution in [0.3, 0.4) is 0 Å². The number of nitrogens with two attached hydrogens (primary N) is 1. The molecule has 0 heterocycles. The minimum Gasteiger partial charge on any atom is -0.489 e. The van der Waals surface area contributed by atoms with Gasteiger partial charge in [-0.2, -0.15) is 0 Å². The van der Waals surface area contributed by atoms with Crippen molar-refractivity contribution in [3.05, 3.63) is 88.9 Å². The van der Waals surface area contributed by atoms with Crippen LogP contribution in [0.5, 0.6) is 5.75 Å². The molecule has 3 rings (SSSR count). The van der Waals surface area contributed by atoms with Crippen LogP contribution < -0.4 is 10.5 Å². The zero-order chi connectivity index (χ0) is 22.1. The molecule has 0 saturated carbocycles. The number of aryl methyl sites for hydroxylation is 1. The lowest BCUT2D eigenvalue weighted by molar-refractivity contribution is 0.180. The number of aliphatic hydroxyl groups excluding tert-OH is 1. The smallest absolute Gasteiger partial charge is 0.120 e. The predicted octanol–water partition coefficient (Wildman–Crippen LogP) is 6.49. The molecular formula is C26H30ClNO2S. The second-order valence-electron chi connectivity index (χ2n) is 7.83. The summed E-state index contributed by atoms with van der Waals surface area (Å²) in [6.07, 6.45) is 3.30. The van der Waals surface area contributed by atoms with Gasteiger partial charge < -0.3 is 15.6 Å². The summed E-state index contributed by atoms with van der Waals surface area (Å²) in [5.74, 6) is 0.849. The number of hydrogen-bond acceptors (Lipinski definition) is 4.